The van der Waals surface area contributed by atoms with E-state index in [1.54, 1.807) is 25.5 Å². The second-order valence-electron chi connectivity index (χ2n) is 7.71. The number of hydrogen-bond acceptors (Lipinski definition) is 5. The number of halogens is 1. The maximum absolute atomic E-state index is 13.5. The largest absolute Gasteiger partial charge is 0.381 e. The first kappa shape index (κ1) is 22.7. The van der Waals surface area contributed by atoms with E-state index in [1.165, 1.54) is 12.1 Å². The summed E-state index contributed by atoms with van der Waals surface area (Å²) >= 11 is 1.61. The number of nitrogens with zero attached hydrogens (tertiary/aromatic N) is 3. The summed E-state index contributed by atoms with van der Waals surface area (Å²) in [6.07, 6.45) is 1.77. The lowest BCUT2D eigenvalue weighted by atomic mass is 9.74. The topological polar surface area (TPSA) is 59.0 Å². The SMILES string of the molecule is CN=C(NCC1(c2ccc(F)cc2)CCOCC1)N(C)Cc1csc(C(C)OC)n1. The van der Waals surface area contributed by atoms with Crippen LogP contribution >= 0.6 is 11.3 Å². The molecule has 2 heterocycles. The lowest BCUT2D eigenvalue weighted by molar-refractivity contribution is 0.0512. The van der Waals surface area contributed by atoms with Crippen molar-refractivity contribution in [3.8, 4) is 0 Å². The molecule has 1 atom stereocenters. The van der Waals surface area contributed by atoms with Gasteiger partial charge in [0, 0.05) is 51.8 Å². The van der Waals surface area contributed by atoms with E-state index in [1.807, 2.05) is 26.1 Å². The molecule has 0 spiro atoms. The molecule has 1 unspecified atom stereocenters. The maximum atomic E-state index is 13.5. The van der Waals surface area contributed by atoms with Crippen LogP contribution in [0, 0.1) is 5.82 Å². The van der Waals surface area contributed by atoms with E-state index in [0.29, 0.717) is 26.3 Å². The monoisotopic (exact) mass is 434 g/mol. The number of ether oxygens (including phenoxy) is 2. The number of thiazole rings is 1. The Morgan fingerprint density at radius 3 is 2.70 bits per heavy atom. The van der Waals surface area contributed by atoms with E-state index in [0.717, 1.165) is 35.1 Å². The third-order valence-electron chi connectivity index (χ3n) is 5.73. The van der Waals surface area contributed by atoms with Gasteiger partial charge < -0.3 is 19.7 Å². The second kappa shape index (κ2) is 10.3. The Kier molecular flexibility index (Phi) is 7.80. The van der Waals surface area contributed by atoms with Gasteiger partial charge in [-0.25, -0.2) is 9.37 Å². The third-order valence-corrected chi connectivity index (χ3v) is 6.79. The van der Waals surface area contributed by atoms with Crippen LogP contribution in [0.15, 0.2) is 34.6 Å². The molecular weight excluding hydrogens is 403 g/mol. The first-order chi connectivity index (χ1) is 14.5. The van der Waals surface area contributed by atoms with Crippen molar-refractivity contribution < 1.29 is 13.9 Å². The summed E-state index contributed by atoms with van der Waals surface area (Å²) < 4.78 is 24.4. The first-order valence-electron chi connectivity index (χ1n) is 10.2. The molecule has 0 saturated carbocycles. The highest BCUT2D eigenvalue weighted by atomic mass is 32.1. The fourth-order valence-electron chi connectivity index (χ4n) is 3.77. The Balaban J connectivity index is 1.67. The summed E-state index contributed by atoms with van der Waals surface area (Å²) in [6.45, 7) is 4.76. The lowest BCUT2D eigenvalue weighted by Gasteiger charge is -2.39. The van der Waals surface area contributed by atoms with Crippen LogP contribution in [0.2, 0.25) is 0 Å². The van der Waals surface area contributed by atoms with Crippen LogP contribution in [0.5, 0.6) is 0 Å². The van der Waals surface area contributed by atoms with Crippen LogP contribution in [-0.2, 0) is 21.4 Å². The average Bonchev–Trinajstić information content (AvgIpc) is 3.23. The minimum absolute atomic E-state index is 0.00409. The molecule has 1 N–H and O–H groups in total. The van der Waals surface area contributed by atoms with E-state index >= 15 is 0 Å². The van der Waals surface area contributed by atoms with Gasteiger partial charge in [0.2, 0.25) is 0 Å². The molecule has 2 aromatic rings. The smallest absolute Gasteiger partial charge is 0.193 e. The van der Waals surface area contributed by atoms with Gasteiger partial charge in [-0.3, -0.25) is 4.99 Å². The zero-order valence-corrected chi connectivity index (χ0v) is 19.0. The zero-order valence-electron chi connectivity index (χ0n) is 18.2. The van der Waals surface area contributed by atoms with Gasteiger partial charge in [-0.05, 0) is 37.5 Å². The van der Waals surface area contributed by atoms with Crippen molar-refractivity contribution in [3.05, 3.63) is 51.7 Å². The number of aromatic nitrogens is 1. The Labute approximate surface area is 182 Å². The van der Waals surface area contributed by atoms with Gasteiger partial charge >= 0.3 is 0 Å². The van der Waals surface area contributed by atoms with E-state index < -0.39 is 0 Å². The van der Waals surface area contributed by atoms with Crippen molar-refractivity contribution in [2.24, 2.45) is 4.99 Å². The summed E-state index contributed by atoms with van der Waals surface area (Å²) in [5, 5.41) is 6.57. The number of hydrogen-bond donors (Lipinski definition) is 1. The quantitative estimate of drug-likeness (QED) is 0.531. The molecule has 0 bridgehead atoms. The zero-order chi connectivity index (χ0) is 21.6. The predicted octanol–water partition coefficient (Wildman–Crippen LogP) is 3.75. The lowest BCUT2D eigenvalue weighted by Crippen LogP contribution is -2.48. The molecule has 1 saturated heterocycles. The molecule has 8 heteroatoms. The highest BCUT2D eigenvalue weighted by molar-refractivity contribution is 7.09. The molecule has 6 nitrogen and oxygen atoms in total. The van der Waals surface area contributed by atoms with Crippen LogP contribution in [0.25, 0.3) is 0 Å². The average molecular weight is 435 g/mol. The van der Waals surface area contributed by atoms with Crippen molar-refractivity contribution in [2.75, 3.05) is 41.0 Å². The van der Waals surface area contributed by atoms with Crippen LogP contribution in [0.3, 0.4) is 0 Å². The number of guanidine groups is 1. The van der Waals surface area contributed by atoms with Crippen LogP contribution < -0.4 is 5.32 Å². The van der Waals surface area contributed by atoms with Crippen molar-refractivity contribution in [1.29, 1.82) is 0 Å². The fourth-order valence-corrected chi connectivity index (χ4v) is 4.61. The van der Waals surface area contributed by atoms with Crippen molar-refractivity contribution in [2.45, 2.75) is 37.8 Å². The maximum Gasteiger partial charge on any atom is 0.193 e. The molecule has 0 aliphatic carbocycles. The molecule has 1 aliphatic rings. The van der Waals surface area contributed by atoms with Crippen molar-refractivity contribution in [3.63, 3.8) is 0 Å². The van der Waals surface area contributed by atoms with Gasteiger partial charge in [0.25, 0.3) is 0 Å². The van der Waals surface area contributed by atoms with E-state index in [4.69, 9.17) is 9.47 Å². The summed E-state index contributed by atoms with van der Waals surface area (Å²) in [5.41, 5.74) is 2.02. The van der Waals surface area contributed by atoms with Crippen LogP contribution in [-0.4, -0.2) is 56.8 Å². The van der Waals surface area contributed by atoms with Crippen molar-refractivity contribution in [1.82, 2.24) is 15.2 Å². The Hall–Kier alpha value is -2.03. The highest BCUT2D eigenvalue weighted by Crippen LogP contribution is 2.34. The summed E-state index contributed by atoms with van der Waals surface area (Å²) in [5.74, 6) is 0.590. The first-order valence-corrected chi connectivity index (χ1v) is 11.1. The second-order valence-corrected chi connectivity index (χ2v) is 8.60. The van der Waals surface area contributed by atoms with Gasteiger partial charge in [0.1, 0.15) is 16.9 Å². The van der Waals surface area contributed by atoms with Crippen LogP contribution in [0.4, 0.5) is 4.39 Å². The normalized spacial score (nSPS) is 17.6. The molecule has 1 fully saturated rings. The number of aliphatic imine (C=N–C) groups is 1. The van der Waals surface area contributed by atoms with Gasteiger partial charge in [-0.2, -0.15) is 0 Å². The van der Waals surface area contributed by atoms with Gasteiger partial charge in [-0.1, -0.05) is 12.1 Å². The molecule has 0 amide bonds. The predicted molar refractivity (Wildman–Crippen MR) is 118 cm³/mol. The highest BCUT2D eigenvalue weighted by Gasteiger charge is 2.35. The van der Waals surface area contributed by atoms with E-state index in [2.05, 4.69) is 25.6 Å². The summed E-state index contributed by atoms with van der Waals surface area (Å²) in [7, 11) is 5.48. The minimum atomic E-state index is -0.213. The Morgan fingerprint density at radius 2 is 2.07 bits per heavy atom. The molecule has 164 valence electrons. The van der Waals surface area contributed by atoms with Gasteiger partial charge in [-0.15, -0.1) is 11.3 Å². The molecule has 0 radical (unpaired) electrons. The van der Waals surface area contributed by atoms with Crippen molar-refractivity contribution >= 4 is 17.3 Å². The number of rotatable bonds is 7. The van der Waals surface area contributed by atoms with E-state index in [-0.39, 0.29) is 17.3 Å². The number of benzene rings is 1. The summed E-state index contributed by atoms with van der Waals surface area (Å²) in [6, 6.07) is 6.85. The molecule has 1 aliphatic heterocycles. The molecule has 30 heavy (non-hydrogen) atoms. The standard InChI is InChI=1S/C22H31FN4O2S/c1-16(28-4)20-26-19(14-30-20)13-27(3)21(24-2)25-15-22(9-11-29-12-10-22)17-5-7-18(23)8-6-17/h5-8,14,16H,9-13,15H2,1-4H3,(H,24,25). The fraction of sp³-hybridized carbons (Fsp3) is 0.545. The molecule has 1 aromatic heterocycles. The van der Waals surface area contributed by atoms with Gasteiger partial charge in [0.05, 0.1) is 12.2 Å². The molecular formula is C22H31FN4O2S. The summed E-state index contributed by atoms with van der Waals surface area (Å²) in [4.78, 5) is 11.2. The van der Waals surface area contributed by atoms with E-state index in [9.17, 15) is 4.39 Å². The molecule has 1 aromatic carbocycles. The minimum Gasteiger partial charge on any atom is -0.381 e. The van der Waals surface area contributed by atoms with Crippen LogP contribution in [0.1, 0.15) is 42.1 Å². The van der Waals surface area contributed by atoms with Gasteiger partial charge in [0.15, 0.2) is 5.96 Å². The Morgan fingerprint density at radius 1 is 1.37 bits per heavy atom. The third kappa shape index (κ3) is 5.36. The number of methoxy groups -OCH3 is 1. The molecule has 3 rings (SSSR count). The number of nitrogens with one attached hydrogen (secondary N) is 1. The Bertz CT molecular complexity index is 834.